The number of aromatic nitrogens is 2. The highest BCUT2D eigenvalue weighted by Crippen LogP contribution is 2.33. The Labute approximate surface area is 160 Å². The fourth-order valence-corrected chi connectivity index (χ4v) is 4.05. The Morgan fingerprint density at radius 2 is 2.00 bits per heavy atom. The van der Waals surface area contributed by atoms with Gasteiger partial charge in [0.25, 0.3) is 0 Å². The van der Waals surface area contributed by atoms with Crippen LogP contribution in [0.25, 0.3) is 10.8 Å². The Bertz CT molecular complexity index is 990. The summed E-state index contributed by atoms with van der Waals surface area (Å²) in [5.74, 6) is 0.539. The van der Waals surface area contributed by atoms with E-state index in [1.807, 2.05) is 31.2 Å². The summed E-state index contributed by atoms with van der Waals surface area (Å²) in [5, 5.41) is 5.10. The van der Waals surface area contributed by atoms with Gasteiger partial charge in [-0.2, -0.15) is 9.97 Å². The minimum absolute atomic E-state index is 0.222. The zero-order chi connectivity index (χ0) is 19.0. The molecule has 1 unspecified atom stereocenters. The van der Waals surface area contributed by atoms with Gasteiger partial charge in [-0.25, -0.2) is 4.39 Å². The van der Waals surface area contributed by atoms with Crippen LogP contribution in [-0.4, -0.2) is 33.9 Å². The van der Waals surface area contributed by atoms with Crippen LogP contribution in [-0.2, 0) is 24.1 Å². The second-order valence-corrected chi connectivity index (χ2v) is 7.82. The maximum atomic E-state index is 14.5. The van der Waals surface area contributed by atoms with Crippen LogP contribution in [0.1, 0.15) is 18.2 Å². The summed E-state index contributed by atoms with van der Waals surface area (Å²) >= 11 is -1.26. The fraction of sp³-hybridized carbons (Fsp3) is 0.300. The van der Waals surface area contributed by atoms with Crippen LogP contribution in [0.15, 0.2) is 41.6 Å². The number of hydrogen-bond donors (Lipinski definition) is 1. The lowest BCUT2D eigenvalue weighted by molar-refractivity contribution is 0.588. The number of rotatable bonds is 4. The van der Waals surface area contributed by atoms with E-state index in [1.54, 1.807) is 12.3 Å². The lowest BCUT2D eigenvalue weighted by Gasteiger charge is -2.31. The Morgan fingerprint density at radius 1 is 1.22 bits per heavy atom. The van der Waals surface area contributed by atoms with Crippen LogP contribution in [0.2, 0.25) is 0 Å². The lowest BCUT2D eigenvalue weighted by atomic mass is 10.0. The number of anilines is 2. The van der Waals surface area contributed by atoms with Crippen LogP contribution in [0, 0.1) is 5.82 Å². The van der Waals surface area contributed by atoms with E-state index in [9.17, 15) is 8.94 Å². The second kappa shape index (κ2) is 7.32. The number of nitrogens with one attached hydrogen (secondary N) is 1. The van der Waals surface area contributed by atoms with Crippen molar-refractivity contribution in [1.29, 1.82) is 0 Å². The zero-order valence-electron chi connectivity index (χ0n) is 15.3. The van der Waals surface area contributed by atoms with Crippen molar-refractivity contribution in [3.8, 4) is 0 Å². The van der Waals surface area contributed by atoms with Gasteiger partial charge in [0.15, 0.2) is 0 Å². The maximum Gasteiger partial charge on any atom is 0.344 e. The van der Waals surface area contributed by atoms with Crippen LogP contribution in [0.4, 0.5) is 15.9 Å². The molecular formula is C20H21FN4OS. The van der Waals surface area contributed by atoms with Gasteiger partial charge >= 0.3 is 5.16 Å². The van der Waals surface area contributed by atoms with Gasteiger partial charge in [-0.05, 0) is 30.9 Å². The molecule has 1 N–H and O–H groups in total. The van der Waals surface area contributed by atoms with E-state index in [2.05, 4.69) is 20.2 Å². The minimum Gasteiger partial charge on any atom is -0.609 e. The molecule has 0 amide bonds. The first-order chi connectivity index (χ1) is 13.1. The molecule has 0 fully saturated rings. The third-order valence-electron chi connectivity index (χ3n) is 4.82. The first-order valence-electron chi connectivity index (χ1n) is 8.97. The van der Waals surface area contributed by atoms with E-state index in [-0.39, 0.29) is 5.82 Å². The van der Waals surface area contributed by atoms with Crippen molar-refractivity contribution in [3.63, 3.8) is 0 Å². The molecule has 0 saturated heterocycles. The van der Waals surface area contributed by atoms with Crippen molar-refractivity contribution in [2.24, 2.45) is 0 Å². The molecule has 5 nitrogen and oxygen atoms in total. The molecule has 7 heteroatoms. The van der Waals surface area contributed by atoms with Crippen molar-refractivity contribution in [1.82, 2.24) is 9.97 Å². The average Bonchev–Trinajstić information content (AvgIpc) is 2.67. The van der Waals surface area contributed by atoms with E-state index < -0.39 is 11.2 Å². The molecule has 2 aromatic carbocycles. The van der Waals surface area contributed by atoms with E-state index in [0.717, 1.165) is 47.7 Å². The average molecular weight is 384 g/mol. The smallest absolute Gasteiger partial charge is 0.344 e. The monoisotopic (exact) mass is 384 g/mol. The van der Waals surface area contributed by atoms with E-state index >= 15 is 0 Å². The number of nitrogens with zero attached hydrogens (tertiary/aromatic N) is 3. The molecular weight excluding hydrogens is 363 g/mol. The summed E-state index contributed by atoms with van der Waals surface area (Å²) in [7, 11) is 0. The van der Waals surface area contributed by atoms with Crippen LogP contribution in [0.3, 0.4) is 0 Å². The molecule has 4 rings (SSSR count). The highest BCUT2D eigenvalue weighted by Gasteiger charge is 2.26. The van der Waals surface area contributed by atoms with Crippen LogP contribution < -0.4 is 10.2 Å². The summed E-state index contributed by atoms with van der Waals surface area (Å²) in [6.45, 7) is 4.02. The number of benzene rings is 2. The van der Waals surface area contributed by atoms with Crippen molar-refractivity contribution in [2.45, 2.75) is 25.0 Å². The van der Waals surface area contributed by atoms with Crippen LogP contribution in [0.5, 0.6) is 0 Å². The Kier molecular flexibility index (Phi) is 4.88. The third-order valence-corrected chi connectivity index (χ3v) is 5.52. The number of halogens is 1. The maximum absolute atomic E-state index is 14.5. The van der Waals surface area contributed by atoms with Gasteiger partial charge in [0.05, 0.1) is 12.2 Å². The molecule has 0 aliphatic carbocycles. The van der Waals surface area contributed by atoms with Gasteiger partial charge in [0.2, 0.25) is 0 Å². The van der Waals surface area contributed by atoms with Gasteiger partial charge in [-0.15, -0.1) is 0 Å². The summed E-state index contributed by atoms with van der Waals surface area (Å²) in [4.78, 5) is 11.1. The first kappa shape index (κ1) is 18.0. The van der Waals surface area contributed by atoms with Crippen molar-refractivity contribution >= 4 is 33.5 Å². The molecule has 0 bridgehead atoms. The number of hydrogen-bond acceptors (Lipinski definition) is 5. The molecule has 140 valence electrons. The molecule has 1 aliphatic rings. The molecule has 1 atom stereocenters. The quantitative estimate of drug-likeness (QED) is 0.551. The van der Waals surface area contributed by atoms with E-state index in [1.165, 1.54) is 6.07 Å². The molecule has 2 heterocycles. The number of fused-ring (bicyclic) bond motifs is 2. The molecule has 1 aliphatic heterocycles. The zero-order valence-corrected chi connectivity index (χ0v) is 16.1. The lowest BCUT2D eigenvalue weighted by Crippen LogP contribution is -2.33. The SMILES string of the molecule is CCNc1nc([S+](C)[O-])nc2c1CCN(c1cccc3cccc(F)c13)C2. The molecule has 0 saturated carbocycles. The second-order valence-electron chi connectivity index (χ2n) is 6.55. The molecule has 27 heavy (non-hydrogen) atoms. The predicted molar refractivity (Wildman–Crippen MR) is 107 cm³/mol. The third kappa shape index (κ3) is 3.33. The van der Waals surface area contributed by atoms with Crippen molar-refractivity contribution < 1.29 is 8.94 Å². The first-order valence-corrected chi connectivity index (χ1v) is 10.5. The summed E-state index contributed by atoms with van der Waals surface area (Å²) < 4.78 is 26.5. The van der Waals surface area contributed by atoms with Crippen molar-refractivity contribution in [2.75, 3.05) is 29.6 Å². The fourth-order valence-electron chi connectivity index (χ4n) is 3.60. The van der Waals surface area contributed by atoms with Gasteiger partial charge < -0.3 is 14.8 Å². The van der Waals surface area contributed by atoms with Crippen molar-refractivity contribution in [3.05, 3.63) is 53.5 Å². The standard InChI is InChI=1S/C20H21FN4OS/c1-3-22-19-14-10-11-25(12-16(14)23-20(24-19)27(2)26)17-9-5-7-13-6-4-8-15(21)18(13)17/h4-9H,3,10-12H2,1-2H3,(H,22,23,24). The minimum atomic E-state index is -1.26. The van der Waals surface area contributed by atoms with E-state index in [0.29, 0.717) is 17.1 Å². The largest absolute Gasteiger partial charge is 0.609 e. The van der Waals surface area contributed by atoms with Gasteiger partial charge in [-0.3, -0.25) is 0 Å². The van der Waals surface area contributed by atoms with Gasteiger partial charge in [-0.1, -0.05) is 24.3 Å². The summed E-state index contributed by atoms with van der Waals surface area (Å²) in [5.41, 5.74) is 2.77. The predicted octanol–water partition coefficient (Wildman–Crippen LogP) is 3.50. The Hall–Kier alpha value is -2.38. The topological polar surface area (TPSA) is 64.1 Å². The summed E-state index contributed by atoms with van der Waals surface area (Å²) in [6.07, 6.45) is 2.33. The van der Waals surface area contributed by atoms with Gasteiger partial charge in [0.1, 0.15) is 17.9 Å². The summed E-state index contributed by atoms with van der Waals surface area (Å²) in [6, 6.07) is 11.0. The van der Waals surface area contributed by atoms with E-state index in [4.69, 9.17) is 0 Å². The van der Waals surface area contributed by atoms with Gasteiger partial charge in [0, 0.05) is 40.9 Å². The molecule has 1 aromatic heterocycles. The highest BCUT2D eigenvalue weighted by atomic mass is 32.2. The normalized spacial score (nSPS) is 14.9. The molecule has 3 aromatic rings. The highest BCUT2D eigenvalue weighted by molar-refractivity contribution is 7.90. The molecule has 0 radical (unpaired) electrons. The molecule has 0 spiro atoms. The Balaban J connectivity index is 1.78. The Morgan fingerprint density at radius 3 is 2.74 bits per heavy atom. The van der Waals surface area contributed by atoms with Crippen LogP contribution >= 0.6 is 0 Å².